The summed E-state index contributed by atoms with van der Waals surface area (Å²) in [5.41, 5.74) is 3.63. The fourth-order valence-electron chi connectivity index (χ4n) is 2.49. The minimum absolute atomic E-state index is 0.135. The van der Waals surface area contributed by atoms with Gasteiger partial charge < -0.3 is 10.1 Å². The second-order valence-corrected chi connectivity index (χ2v) is 5.09. The van der Waals surface area contributed by atoms with Crippen LogP contribution in [0.15, 0.2) is 42.7 Å². The summed E-state index contributed by atoms with van der Waals surface area (Å²) in [7, 11) is 0. The molecule has 1 heterocycles. The monoisotopic (exact) mass is 284 g/mol. The number of hydrogen-bond donors (Lipinski definition) is 1. The van der Waals surface area contributed by atoms with Gasteiger partial charge in [-0.05, 0) is 50.1 Å². The minimum atomic E-state index is 0.135. The Bertz CT molecular complexity index is 569. The van der Waals surface area contributed by atoms with Gasteiger partial charge in [-0.1, -0.05) is 25.1 Å². The lowest BCUT2D eigenvalue weighted by molar-refractivity contribution is 0.333. The van der Waals surface area contributed by atoms with Crippen LogP contribution in [0, 0.1) is 6.92 Å². The molecule has 2 aromatic rings. The molecular formula is C18H24N2O. The van der Waals surface area contributed by atoms with Gasteiger partial charge in [-0.15, -0.1) is 0 Å². The van der Waals surface area contributed by atoms with Crippen molar-refractivity contribution in [3.8, 4) is 5.75 Å². The van der Waals surface area contributed by atoms with E-state index in [0.717, 1.165) is 18.7 Å². The number of para-hydroxylation sites is 1. The molecule has 0 aliphatic rings. The van der Waals surface area contributed by atoms with Crippen LogP contribution in [0.3, 0.4) is 0 Å². The van der Waals surface area contributed by atoms with Crippen molar-refractivity contribution in [3.05, 3.63) is 59.4 Å². The zero-order valence-electron chi connectivity index (χ0n) is 13.1. The standard InChI is InChI=1S/C18H24N2O/c1-4-11-20-18(15-10-12-19-13-14(15)3)16-8-6-7-9-17(16)21-5-2/h6-10,12-13,18,20H,4-5,11H2,1-3H3. The molecule has 1 aromatic heterocycles. The first-order chi connectivity index (χ1) is 10.3. The summed E-state index contributed by atoms with van der Waals surface area (Å²) in [6.07, 6.45) is 4.86. The van der Waals surface area contributed by atoms with Crippen molar-refractivity contribution in [1.29, 1.82) is 0 Å². The molecule has 0 aliphatic heterocycles. The van der Waals surface area contributed by atoms with Crippen LogP contribution in [0.4, 0.5) is 0 Å². The van der Waals surface area contributed by atoms with Gasteiger partial charge in [0, 0.05) is 18.0 Å². The van der Waals surface area contributed by atoms with E-state index >= 15 is 0 Å². The summed E-state index contributed by atoms with van der Waals surface area (Å²) in [4.78, 5) is 4.20. The molecule has 1 aromatic carbocycles. The predicted octanol–water partition coefficient (Wildman–Crippen LogP) is 3.88. The molecule has 0 saturated heterocycles. The molecule has 0 radical (unpaired) electrons. The van der Waals surface area contributed by atoms with E-state index in [4.69, 9.17) is 4.74 Å². The molecule has 0 aliphatic carbocycles. The molecule has 0 amide bonds. The first kappa shape index (κ1) is 15.5. The lowest BCUT2D eigenvalue weighted by Gasteiger charge is -2.23. The third kappa shape index (κ3) is 3.82. The summed E-state index contributed by atoms with van der Waals surface area (Å²) in [5.74, 6) is 0.949. The Kier molecular flexibility index (Phi) is 5.76. The van der Waals surface area contributed by atoms with Crippen LogP contribution in [-0.4, -0.2) is 18.1 Å². The molecule has 3 heteroatoms. The molecule has 0 saturated carbocycles. The average Bonchev–Trinajstić information content (AvgIpc) is 2.51. The summed E-state index contributed by atoms with van der Waals surface area (Å²) in [6.45, 7) is 7.94. The first-order valence-corrected chi connectivity index (χ1v) is 7.63. The van der Waals surface area contributed by atoms with E-state index in [9.17, 15) is 0 Å². The lowest BCUT2D eigenvalue weighted by atomic mass is 9.95. The number of ether oxygens (including phenoxy) is 1. The van der Waals surface area contributed by atoms with Gasteiger partial charge in [-0.2, -0.15) is 0 Å². The number of aromatic nitrogens is 1. The van der Waals surface area contributed by atoms with Gasteiger partial charge in [-0.25, -0.2) is 0 Å². The smallest absolute Gasteiger partial charge is 0.124 e. The highest BCUT2D eigenvalue weighted by Gasteiger charge is 2.19. The Labute approximate surface area is 127 Å². The highest BCUT2D eigenvalue weighted by Crippen LogP contribution is 2.31. The zero-order chi connectivity index (χ0) is 15.1. The number of hydrogen-bond acceptors (Lipinski definition) is 3. The Hall–Kier alpha value is -1.87. The van der Waals surface area contributed by atoms with E-state index in [2.05, 4.69) is 42.3 Å². The van der Waals surface area contributed by atoms with Crippen molar-refractivity contribution in [2.24, 2.45) is 0 Å². The fourth-order valence-corrected chi connectivity index (χ4v) is 2.49. The number of benzene rings is 1. The molecule has 1 unspecified atom stereocenters. The third-order valence-electron chi connectivity index (χ3n) is 3.50. The zero-order valence-corrected chi connectivity index (χ0v) is 13.1. The summed E-state index contributed by atoms with van der Waals surface area (Å²) in [5, 5.41) is 3.63. The van der Waals surface area contributed by atoms with Crippen LogP contribution in [0.25, 0.3) is 0 Å². The quantitative estimate of drug-likeness (QED) is 0.838. The predicted molar refractivity (Wildman–Crippen MR) is 86.7 cm³/mol. The second kappa shape index (κ2) is 7.79. The lowest BCUT2D eigenvalue weighted by Crippen LogP contribution is -2.24. The van der Waals surface area contributed by atoms with Gasteiger partial charge in [0.2, 0.25) is 0 Å². The number of aryl methyl sites for hydroxylation is 1. The van der Waals surface area contributed by atoms with Crippen LogP contribution in [0.5, 0.6) is 5.75 Å². The fraction of sp³-hybridized carbons (Fsp3) is 0.389. The average molecular weight is 284 g/mol. The summed E-state index contributed by atoms with van der Waals surface area (Å²) < 4.78 is 5.80. The van der Waals surface area contributed by atoms with Gasteiger partial charge in [0.05, 0.1) is 12.6 Å². The number of nitrogens with zero attached hydrogens (tertiary/aromatic N) is 1. The van der Waals surface area contributed by atoms with Crippen LogP contribution >= 0.6 is 0 Å². The summed E-state index contributed by atoms with van der Waals surface area (Å²) >= 11 is 0. The molecule has 0 bridgehead atoms. The normalized spacial score (nSPS) is 12.1. The van der Waals surface area contributed by atoms with Crippen molar-refractivity contribution in [3.63, 3.8) is 0 Å². The maximum Gasteiger partial charge on any atom is 0.124 e. The van der Waals surface area contributed by atoms with Crippen LogP contribution in [0.2, 0.25) is 0 Å². The summed E-state index contributed by atoms with van der Waals surface area (Å²) in [6, 6.07) is 10.5. The Balaban J connectivity index is 2.43. The van der Waals surface area contributed by atoms with Gasteiger partial charge in [0.25, 0.3) is 0 Å². The highest BCUT2D eigenvalue weighted by atomic mass is 16.5. The van der Waals surface area contributed by atoms with E-state index < -0.39 is 0 Å². The number of pyridine rings is 1. The molecule has 0 fully saturated rings. The SMILES string of the molecule is CCCNC(c1ccncc1C)c1ccccc1OCC. The van der Waals surface area contributed by atoms with Crippen molar-refractivity contribution in [2.75, 3.05) is 13.2 Å². The molecule has 0 spiro atoms. The second-order valence-electron chi connectivity index (χ2n) is 5.09. The van der Waals surface area contributed by atoms with Crippen molar-refractivity contribution >= 4 is 0 Å². The molecule has 1 atom stereocenters. The topological polar surface area (TPSA) is 34.2 Å². The van der Waals surface area contributed by atoms with Gasteiger partial charge >= 0.3 is 0 Å². The molecule has 1 N–H and O–H groups in total. The highest BCUT2D eigenvalue weighted by molar-refractivity contribution is 5.43. The molecule has 21 heavy (non-hydrogen) atoms. The Morgan fingerprint density at radius 3 is 2.67 bits per heavy atom. The van der Waals surface area contributed by atoms with E-state index in [0.29, 0.717) is 6.61 Å². The van der Waals surface area contributed by atoms with Crippen molar-refractivity contribution in [2.45, 2.75) is 33.2 Å². The van der Waals surface area contributed by atoms with E-state index in [1.807, 2.05) is 31.5 Å². The van der Waals surface area contributed by atoms with Gasteiger partial charge in [-0.3, -0.25) is 4.98 Å². The largest absolute Gasteiger partial charge is 0.494 e. The van der Waals surface area contributed by atoms with Crippen LogP contribution in [0.1, 0.15) is 43.0 Å². The van der Waals surface area contributed by atoms with Gasteiger partial charge in [0.1, 0.15) is 5.75 Å². The van der Waals surface area contributed by atoms with Crippen molar-refractivity contribution < 1.29 is 4.74 Å². The molecule has 2 rings (SSSR count). The van der Waals surface area contributed by atoms with E-state index in [1.54, 1.807) is 0 Å². The maximum absolute atomic E-state index is 5.80. The first-order valence-electron chi connectivity index (χ1n) is 7.63. The Morgan fingerprint density at radius 1 is 1.14 bits per heavy atom. The van der Waals surface area contributed by atoms with Crippen LogP contribution < -0.4 is 10.1 Å². The third-order valence-corrected chi connectivity index (χ3v) is 3.50. The number of rotatable bonds is 7. The van der Waals surface area contributed by atoms with Crippen LogP contribution in [-0.2, 0) is 0 Å². The molecule has 112 valence electrons. The Morgan fingerprint density at radius 2 is 1.95 bits per heavy atom. The molecular weight excluding hydrogens is 260 g/mol. The van der Waals surface area contributed by atoms with Gasteiger partial charge in [0.15, 0.2) is 0 Å². The molecule has 3 nitrogen and oxygen atoms in total. The van der Waals surface area contributed by atoms with E-state index in [1.165, 1.54) is 16.7 Å². The van der Waals surface area contributed by atoms with E-state index in [-0.39, 0.29) is 6.04 Å². The van der Waals surface area contributed by atoms with Crippen molar-refractivity contribution in [1.82, 2.24) is 10.3 Å². The maximum atomic E-state index is 5.80. The number of nitrogens with one attached hydrogen (secondary N) is 1. The minimum Gasteiger partial charge on any atom is -0.494 e.